The predicted octanol–water partition coefficient (Wildman–Crippen LogP) is 3.78. The van der Waals surface area contributed by atoms with E-state index in [-0.39, 0.29) is 22.5 Å². The predicted molar refractivity (Wildman–Crippen MR) is 114 cm³/mol. The number of furan rings is 1. The fourth-order valence-electron chi connectivity index (χ4n) is 2.40. The zero-order valence-electron chi connectivity index (χ0n) is 16.0. The second-order valence-electron chi connectivity index (χ2n) is 5.95. The number of anilines is 2. The molecule has 4 rings (SSSR count). The number of nitrogens with zero attached hydrogens (tertiary/aromatic N) is 3. The quantitative estimate of drug-likeness (QED) is 0.299. The number of hydrogen-bond donors (Lipinski definition) is 2. The molecule has 0 aliphatic heterocycles. The van der Waals surface area contributed by atoms with E-state index in [9.17, 15) is 9.59 Å². The number of ether oxygens (including phenoxy) is 1. The topological polar surface area (TPSA) is 132 Å². The molecule has 3 aromatic heterocycles. The Bertz CT molecular complexity index is 1170. The Hall–Kier alpha value is -3.64. The lowest BCUT2D eigenvalue weighted by molar-refractivity contribution is -0.113. The highest BCUT2D eigenvalue weighted by Gasteiger charge is 2.17. The number of hydrogen-bond acceptors (Lipinski definition) is 10. The van der Waals surface area contributed by atoms with Gasteiger partial charge < -0.3 is 19.0 Å². The molecule has 0 aliphatic rings. The summed E-state index contributed by atoms with van der Waals surface area (Å²) in [6.07, 6.45) is 1.50. The SMILES string of the molecule is COc1ccc(NC(=O)CSc2nnc(NC(=O)c3cc(-c4ccco4)on3)s2)cc1. The summed E-state index contributed by atoms with van der Waals surface area (Å²) >= 11 is 2.36. The van der Waals surface area contributed by atoms with Gasteiger partial charge in [-0.15, -0.1) is 10.2 Å². The normalized spacial score (nSPS) is 10.6. The molecule has 0 atom stereocenters. The second-order valence-corrected chi connectivity index (χ2v) is 8.15. The first-order valence-corrected chi connectivity index (χ1v) is 10.6. The Morgan fingerprint density at radius 2 is 1.97 bits per heavy atom. The van der Waals surface area contributed by atoms with Crippen molar-refractivity contribution in [2.75, 3.05) is 23.5 Å². The molecule has 2 N–H and O–H groups in total. The number of carbonyl (C=O) groups excluding carboxylic acids is 2. The molecule has 1 aromatic carbocycles. The molecule has 31 heavy (non-hydrogen) atoms. The largest absolute Gasteiger partial charge is 0.497 e. The van der Waals surface area contributed by atoms with Gasteiger partial charge in [0.05, 0.1) is 19.1 Å². The molecule has 0 unspecified atom stereocenters. The van der Waals surface area contributed by atoms with E-state index >= 15 is 0 Å². The number of nitrogens with one attached hydrogen (secondary N) is 2. The van der Waals surface area contributed by atoms with E-state index in [1.54, 1.807) is 43.5 Å². The fourth-order valence-corrected chi connectivity index (χ4v) is 3.94. The van der Waals surface area contributed by atoms with Gasteiger partial charge in [-0.25, -0.2) is 0 Å². The molecule has 4 aromatic rings. The molecule has 0 bridgehead atoms. The van der Waals surface area contributed by atoms with E-state index in [0.717, 1.165) is 11.3 Å². The van der Waals surface area contributed by atoms with Crippen LogP contribution in [0, 0.1) is 0 Å². The molecule has 3 heterocycles. The Balaban J connectivity index is 1.28. The molecule has 0 aliphatic carbocycles. The van der Waals surface area contributed by atoms with Gasteiger partial charge in [0.15, 0.2) is 15.8 Å². The van der Waals surface area contributed by atoms with Crippen LogP contribution in [0.4, 0.5) is 10.8 Å². The molecule has 158 valence electrons. The molecule has 0 saturated carbocycles. The Morgan fingerprint density at radius 1 is 1.13 bits per heavy atom. The molecular weight excluding hydrogens is 442 g/mol. The first-order chi connectivity index (χ1) is 15.1. The fraction of sp³-hybridized carbons (Fsp3) is 0.105. The van der Waals surface area contributed by atoms with Crippen molar-refractivity contribution in [1.29, 1.82) is 0 Å². The molecular formula is C19H15N5O5S2. The van der Waals surface area contributed by atoms with Crippen LogP contribution in [-0.4, -0.2) is 40.0 Å². The van der Waals surface area contributed by atoms with Crippen LogP contribution in [0.2, 0.25) is 0 Å². The maximum atomic E-state index is 12.3. The van der Waals surface area contributed by atoms with Crippen LogP contribution in [0.5, 0.6) is 5.75 Å². The summed E-state index contributed by atoms with van der Waals surface area (Å²) in [6.45, 7) is 0. The summed E-state index contributed by atoms with van der Waals surface area (Å²) in [5.74, 6) is 0.972. The zero-order chi connectivity index (χ0) is 21.6. The van der Waals surface area contributed by atoms with E-state index in [4.69, 9.17) is 13.7 Å². The van der Waals surface area contributed by atoms with Gasteiger partial charge >= 0.3 is 0 Å². The summed E-state index contributed by atoms with van der Waals surface area (Å²) in [5, 5.41) is 17.3. The summed E-state index contributed by atoms with van der Waals surface area (Å²) in [6, 6.07) is 11.9. The number of carbonyl (C=O) groups is 2. The third kappa shape index (κ3) is 5.29. The summed E-state index contributed by atoms with van der Waals surface area (Å²) < 4.78 is 15.9. The van der Waals surface area contributed by atoms with Gasteiger partial charge in [-0.2, -0.15) is 0 Å². The van der Waals surface area contributed by atoms with Crippen molar-refractivity contribution < 1.29 is 23.3 Å². The van der Waals surface area contributed by atoms with E-state index < -0.39 is 5.91 Å². The van der Waals surface area contributed by atoms with Gasteiger partial charge in [0.1, 0.15) is 5.75 Å². The number of rotatable bonds is 8. The third-order valence-electron chi connectivity index (χ3n) is 3.83. The first kappa shape index (κ1) is 20.6. The van der Waals surface area contributed by atoms with Crippen LogP contribution >= 0.6 is 23.1 Å². The van der Waals surface area contributed by atoms with Crippen molar-refractivity contribution >= 4 is 45.7 Å². The summed E-state index contributed by atoms with van der Waals surface area (Å²) in [4.78, 5) is 24.4. The highest BCUT2D eigenvalue weighted by molar-refractivity contribution is 8.01. The van der Waals surface area contributed by atoms with Gasteiger partial charge in [0, 0.05) is 11.8 Å². The lowest BCUT2D eigenvalue weighted by Crippen LogP contribution is -2.13. The van der Waals surface area contributed by atoms with Gasteiger partial charge in [-0.1, -0.05) is 28.3 Å². The van der Waals surface area contributed by atoms with E-state index in [2.05, 4.69) is 26.0 Å². The number of amides is 2. The van der Waals surface area contributed by atoms with E-state index in [1.165, 1.54) is 24.1 Å². The average molecular weight is 457 g/mol. The Kier molecular flexibility index (Phi) is 6.29. The molecule has 0 spiro atoms. The number of benzene rings is 1. The van der Waals surface area contributed by atoms with Crippen molar-refractivity contribution in [3.63, 3.8) is 0 Å². The number of methoxy groups -OCH3 is 1. The Morgan fingerprint density at radius 3 is 2.71 bits per heavy atom. The van der Waals surface area contributed by atoms with Gasteiger partial charge in [0.2, 0.25) is 16.8 Å². The lowest BCUT2D eigenvalue weighted by atomic mass is 10.3. The van der Waals surface area contributed by atoms with Gasteiger partial charge in [-0.05, 0) is 36.4 Å². The van der Waals surface area contributed by atoms with Crippen molar-refractivity contribution in [2.24, 2.45) is 0 Å². The van der Waals surface area contributed by atoms with Crippen LogP contribution in [0.25, 0.3) is 11.5 Å². The number of aromatic nitrogens is 3. The minimum absolute atomic E-state index is 0.0784. The summed E-state index contributed by atoms with van der Waals surface area (Å²) in [5.41, 5.74) is 0.743. The average Bonchev–Trinajstić information content (AvgIpc) is 3.54. The number of thioether (sulfide) groups is 1. The van der Waals surface area contributed by atoms with E-state index in [0.29, 0.717) is 27.3 Å². The second kappa shape index (κ2) is 9.45. The monoisotopic (exact) mass is 457 g/mol. The van der Waals surface area contributed by atoms with Crippen LogP contribution in [-0.2, 0) is 4.79 Å². The molecule has 0 fully saturated rings. The standard InChI is InChI=1S/C19H15N5O5S2/c1-27-12-6-4-11(5-7-12)20-16(25)10-30-19-23-22-18(31-19)21-17(26)13-9-15(29-24-13)14-3-2-8-28-14/h2-9H,10H2,1H3,(H,20,25)(H,21,22,26). The van der Waals surface area contributed by atoms with Crippen molar-refractivity contribution in [1.82, 2.24) is 15.4 Å². The molecule has 10 nitrogen and oxygen atoms in total. The smallest absolute Gasteiger partial charge is 0.279 e. The van der Waals surface area contributed by atoms with Crippen LogP contribution in [0.15, 0.2) is 62.0 Å². The molecule has 0 radical (unpaired) electrons. The minimum atomic E-state index is -0.494. The van der Waals surface area contributed by atoms with Crippen LogP contribution in [0.1, 0.15) is 10.5 Å². The van der Waals surface area contributed by atoms with Gasteiger partial charge in [0.25, 0.3) is 5.91 Å². The maximum Gasteiger partial charge on any atom is 0.279 e. The van der Waals surface area contributed by atoms with Crippen LogP contribution in [0.3, 0.4) is 0 Å². The van der Waals surface area contributed by atoms with E-state index in [1.807, 2.05) is 0 Å². The highest BCUT2D eigenvalue weighted by atomic mass is 32.2. The van der Waals surface area contributed by atoms with Crippen molar-refractivity contribution in [3.8, 4) is 17.3 Å². The Labute approximate surface area is 184 Å². The van der Waals surface area contributed by atoms with Crippen molar-refractivity contribution in [2.45, 2.75) is 4.34 Å². The van der Waals surface area contributed by atoms with Crippen LogP contribution < -0.4 is 15.4 Å². The van der Waals surface area contributed by atoms with Gasteiger partial charge in [-0.3, -0.25) is 14.9 Å². The zero-order valence-corrected chi connectivity index (χ0v) is 17.7. The molecule has 0 saturated heterocycles. The highest BCUT2D eigenvalue weighted by Crippen LogP contribution is 2.26. The van der Waals surface area contributed by atoms with Crippen molar-refractivity contribution in [3.05, 3.63) is 54.4 Å². The first-order valence-electron chi connectivity index (χ1n) is 8.83. The molecule has 12 heteroatoms. The minimum Gasteiger partial charge on any atom is -0.497 e. The summed E-state index contributed by atoms with van der Waals surface area (Å²) in [7, 11) is 1.58. The lowest BCUT2D eigenvalue weighted by Gasteiger charge is -2.05. The molecule has 2 amide bonds. The maximum absolute atomic E-state index is 12.3. The third-order valence-corrected chi connectivity index (χ3v) is 5.81.